The minimum absolute atomic E-state index is 0.117. The Hall–Kier alpha value is -3.22. The van der Waals surface area contributed by atoms with Crippen LogP contribution in [0.2, 0.25) is 0 Å². The maximum atomic E-state index is 12.5. The molecule has 150 valence electrons. The number of ether oxygens (including phenoxy) is 1. The van der Waals surface area contributed by atoms with Gasteiger partial charge in [0.25, 0.3) is 5.91 Å². The van der Waals surface area contributed by atoms with Gasteiger partial charge in [-0.1, -0.05) is 6.07 Å². The Kier molecular flexibility index (Phi) is 6.26. The molecular weight excluding hydrogens is 394 g/mol. The molecule has 3 rings (SSSR count). The van der Waals surface area contributed by atoms with Gasteiger partial charge in [-0.25, -0.2) is 13.2 Å². The molecule has 9 heteroatoms. The van der Waals surface area contributed by atoms with Crippen molar-refractivity contribution in [2.24, 2.45) is 0 Å². The van der Waals surface area contributed by atoms with Gasteiger partial charge in [0.1, 0.15) is 0 Å². The zero-order valence-corrected chi connectivity index (χ0v) is 16.3. The lowest BCUT2D eigenvalue weighted by atomic mass is 10.2. The predicted molar refractivity (Wildman–Crippen MR) is 105 cm³/mol. The molecule has 1 aliphatic heterocycles. The molecule has 2 aromatic carbocycles. The van der Waals surface area contributed by atoms with E-state index in [-0.39, 0.29) is 10.5 Å². The highest BCUT2D eigenvalue weighted by Gasteiger charge is 2.27. The molecule has 1 fully saturated rings. The Morgan fingerprint density at radius 2 is 1.79 bits per heavy atom. The number of rotatable bonds is 6. The number of esters is 1. The van der Waals surface area contributed by atoms with E-state index in [1.54, 1.807) is 18.2 Å². The van der Waals surface area contributed by atoms with Crippen molar-refractivity contribution in [3.8, 4) is 6.07 Å². The number of nitrogens with one attached hydrogen (secondary N) is 1. The predicted octanol–water partition coefficient (Wildman–Crippen LogP) is 2.14. The highest BCUT2D eigenvalue weighted by molar-refractivity contribution is 7.89. The van der Waals surface area contributed by atoms with Gasteiger partial charge in [0, 0.05) is 18.8 Å². The number of carbonyl (C=O) groups is 2. The van der Waals surface area contributed by atoms with Crippen LogP contribution in [-0.4, -0.2) is 44.3 Å². The molecule has 0 unspecified atom stereocenters. The quantitative estimate of drug-likeness (QED) is 0.725. The summed E-state index contributed by atoms with van der Waals surface area (Å²) in [6.07, 6.45) is 1.68. The third-order valence-electron chi connectivity index (χ3n) is 4.40. The highest BCUT2D eigenvalue weighted by atomic mass is 32.2. The maximum absolute atomic E-state index is 12.5. The average Bonchev–Trinajstić information content (AvgIpc) is 3.28. The number of benzene rings is 2. The van der Waals surface area contributed by atoms with Crippen LogP contribution in [0.1, 0.15) is 28.8 Å². The minimum atomic E-state index is -3.55. The topological polar surface area (TPSA) is 117 Å². The molecule has 8 nitrogen and oxygen atoms in total. The van der Waals surface area contributed by atoms with E-state index in [2.05, 4.69) is 5.32 Å². The number of anilines is 1. The standard InChI is InChI=1S/C20H19N3O5S/c21-13-15-4-3-5-17(12-15)22-19(24)14-28-20(25)16-6-8-18(9-7-16)29(26,27)23-10-1-2-11-23/h3-9,12H,1-2,10-11,14H2,(H,22,24). The summed E-state index contributed by atoms with van der Waals surface area (Å²) in [5, 5.41) is 11.4. The second-order valence-corrected chi connectivity index (χ2v) is 8.39. The van der Waals surface area contributed by atoms with Gasteiger partial charge in [-0.3, -0.25) is 4.79 Å². The molecule has 29 heavy (non-hydrogen) atoms. The molecule has 0 aromatic heterocycles. The van der Waals surface area contributed by atoms with Crippen LogP contribution in [0.5, 0.6) is 0 Å². The van der Waals surface area contributed by atoms with Crippen molar-refractivity contribution in [2.75, 3.05) is 25.0 Å². The van der Waals surface area contributed by atoms with Crippen LogP contribution in [0.15, 0.2) is 53.4 Å². The van der Waals surface area contributed by atoms with E-state index >= 15 is 0 Å². The summed E-state index contributed by atoms with van der Waals surface area (Å²) in [4.78, 5) is 24.2. The number of amides is 1. The Labute approximate surface area is 168 Å². The van der Waals surface area contributed by atoms with Crippen LogP contribution in [0.3, 0.4) is 0 Å². The smallest absolute Gasteiger partial charge is 0.338 e. The highest BCUT2D eigenvalue weighted by Crippen LogP contribution is 2.21. The average molecular weight is 413 g/mol. The van der Waals surface area contributed by atoms with Gasteiger partial charge in [0.05, 0.1) is 22.1 Å². The summed E-state index contributed by atoms with van der Waals surface area (Å²) >= 11 is 0. The third-order valence-corrected chi connectivity index (χ3v) is 6.32. The fraction of sp³-hybridized carbons (Fsp3) is 0.250. The van der Waals surface area contributed by atoms with E-state index in [0.29, 0.717) is 24.3 Å². The number of hydrogen-bond acceptors (Lipinski definition) is 6. The van der Waals surface area contributed by atoms with Gasteiger partial charge in [-0.2, -0.15) is 9.57 Å². The van der Waals surface area contributed by atoms with Gasteiger partial charge in [-0.15, -0.1) is 0 Å². The Bertz CT molecular complexity index is 1050. The number of sulfonamides is 1. The Balaban J connectivity index is 1.56. The van der Waals surface area contributed by atoms with Crippen LogP contribution in [-0.2, 0) is 19.6 Å². The van der Waals surface area contributed by atoms with Gasteiger partial charge < -0.3 is 10.1 Å². The van der Waals surface area contributed by atoms with E-state index < -0.39 is 28.5 Å². The first-order chi connectivity index (χ1) is 13.9. The lowest BCUT2D eigenvalue weighted by Crippen LogP contribution is -2.27. The van der Waals surface area contributed by atoms with Gasteiger partial charge in [0.15, 0.2) is 6.61 Å². The van der Waals surface area contributed by atoms with Crippen molar-refractivity contribution in [3.63, 3.8) is 0 Å². The van der Waals surface area contributed by atoms with Crippen LogP contribution >= 0.6 is 0 Å². The molecule has 1 aliphatic rings. The van der Waals surface area contributed by atoms with E-state index in [1.807, 2.05) is 6.07 Å². The first-order valence-electron chi connectivity index (χ1n) is 8.97. The number of nitriles is 1. The maximum Gasteiger partial charge on any atom is 0.338 e. The van der Waals surface area contributed by atoms with Crippen LogP contribution in [0.25, 0.3) is 0 Å². The first-order valence-corrected chi connectivity index (χ1v) is 10.4. The minimum Gasteiger partial charge on any atom is -0.452 e. The SMILES string of the molecule is N#Cc1cccc(NC(=O)COC(=O)c2ccc(S(=O)(=O)N3CCCC3)cc2)c1. The summed E-state index contributed by atoms with van der Waals surface area (Å²) in [6.45, 7) is 0.487. The normalized spacial score (nSPS) is 14.2. The monoisotopic (exact) mass is 413 g/mol. The van der Waals surface area contributed by atoms with Crippen molar-refractivity contribution in [3.05, 3.63) is 59.7 Å². The Morgan fingerprint density at radius 3 is 2.45 bits per heavy atom. The number of nitrogens with zero attached hydrogens (tertiary/aromatic N) is 2. The van der Waals surface area contributed by atoms with Gasteiger partial charge >= 0.3 is 5.97 Å². The molecule has 1 saturated heterocycles. The summed E-state index contributed by atoms with van der Waals surface area (Å²) in [6, 6.07) is 13.7. The summed E-state index contributed by atoms with van der Waals surface area (Å²) < 4.78 is 31.4. The van der Waals surface area contributed by atoms with E-state index in [9.17, 15) is 18.0 Å². The van der Waals surface area contributed by atoms with Crippen molar-refractivity contribution in [1.29, 1.82) is 5.26 Å². The molecule has 1 amide bonds. The van der Waals surface area contributed by atoms with E-state index in [4.69, 9.17) is 10.00 Å². The molecule has 0 atom stereocenters. The fourth-order valence-corrected chi connectivity index (χ4v) is 4.44. The van der Waals surface area contributed by atoms with Crippen LogP contribution in [0.4, 0.5) is 5.69 Å². The molecule has 2 aromatic rings. The molecule has 1 N–H and O–H groups in total. The number of carbonyl (C=O) groups excluding carboxylic acids is 2. The van der Waals surface area contributed by atoms with E-state index in [1.165, 1.54) is 34.6 Å². The first kappa shape index (κ1) is 20.5. The van der Waals surface area contributed by atoms with Gasteiger partial charge in [0.2, 0.25) is 10.0 Å². The fourth-order valence-electron chi connectivity index (χ4n) is 2.92. The van der Waals surface area contributed by atoms with Crippen molar-refractivity contribution in [1.82, 2.24) is 4.31 Å². The molecule has 0 spiro atoms. The van der Waals surface area contributed by atoms with Gasteiger partial charge in [-0.05, 0) is 55.3 Å². The van der Waals surface area contributed by atoms with Crippen molar-refractivity contribution >= 4 is 27.6 Å². The molecule has 0 aliphatic carbocycles. The molecule has 1 heterocycles. The summed E-state index contributed by atoms with van der Waals surface area (Å²) in [5.41, 5.74) is 0.954. The zero-order chi connectivity index (χ0) is 20.9. The molecule has 0 saturated carbocycles. The number of hydrogen-bond donors (Lipinski definition) is 1. The second-order valence-electron chi connectivity index (χ2n) is 6.45. The molecular formula is C20H19N3O5S. The summed E-state index contributed by atoms with van der Waals surface area (Å²) in [5.74, 6) is -1.29. The van der Waals surface area contributed by atoms with Crippen molar-refractivity contribution < 1.29 is 22.7 Å². The molecule has 0 bridgehead atoms. The summed E-state index contributed by atoms with van der Waals surface area (Å²) in [7, 11) is -3.55. The second kappa shape index (κ2) is 8.86. The van der Waals surface area contributed by atoms with Crippen LogP contribution < -0.4 is 5.32 Å². The lowest BCUT2D eigenvalue weighted by Gasteiger charge is -2.15. The zero-order valence-electron chi connectivity index (χ0n) is 15.5. The van der Waals surface area contributed by atoms with Crippen LogP contribution in [0, 0.1) is 11.3 Å². The lowest BCUT2D eigenvalue weighted by molar-refractivity contribution is -0.119. The van der Waals surface area contributed by atoms with Crippen molar-refractivity contribution in [2.45, 2.75) is 17.7 Å². The Morgan fingerprint density at radius 1 is 1.10 bits per heavy atom. The third kappa shape index (κ3) is 4.99. The van der Waals surface area contributed by atoms with E-state index in [0.717, 1.165) is 12.8 Å². The largest absolute Gasteiger partial charge is 0.452 e. The molecule has 0 radical (unpaired) electrons.